The molecule has 1 aliphatic rings. The standard InChI is InChI=1S/C17H20N2OS/c1-3-18-17(20)19-10-8-15-14(9-11-21-15)16(19)13-7-5-4-6-12(13)2/h4-7,9,11,16H,3,8,10H2,1-2H3,(H,18,20)/t16-/m1/s1. The van der Waals surface area contributed by atoms with Crippen LogP contribution in [0.3, 0.4) is 0 Å². The number of rotatable bonds is 2. The van der Waals surface area contributed by atoms with Crippen molar-refractivity contribution in [2.75, 3.05) is 13.1 Å². The van der Waals surface area contributed by atoms with Crippen LogP contribution < -0.4 is 5.32 Å². The van der Waals surface area contributed by atoms with Crippen LogP contribution in [0, 0.1) is 6.92 Å². The van der Waals surface area contributed by atoms with Gasteiger partial charge in [0, 0.05) is 18.0 Å². The fourth-order valence-electron chi connectivity index (χ4n) is 3.02. The van der Waals surface area contributed by atoms with Gasteiger partial charge in [0.2, 0.25) is 0 Å². The number of carbonyl (C=O) groups is 1. The summed E-state index contributed by atoms with van der Waals surface area (Å²) in [7, 11) is 0. The number of nitrogens with one attached hydrogen (secondary N) is 1. The van der Waals surface area contributed by atoms with Crippen molar-refractivity contribution < 1.29 is 4.79 Å². The van der Waals surface area contributed by atoms with E-state index in [-0.39, 0.29) is 12.1 Å². The second-order valence-electron chi connectivity index (χ2n) is 5.34. The molecule has 1 N–H and O–H groups in total. The van der Waals surface area contributed by atoms with Gasteiger partial charge in [-0.25, -0.2) is 4.79 Å². The minimum absolute atomic E-state index is 0.0302. The molecule has 0 saturated heterocycles. The predicted octanol–water partition coefficient (Wildman–Crippen LogP) is 3.73. The molecular weight excluding hydrogens is 280 g/mol. The Morgan fingerprint density at radius 2 is 2.14 bits per heavy atom. The summed E-state index contributed by atoms with van der Waals surface area (Å²) in [6, 6.07) is 10.6. The van der Waals surface area contributed by atoms with Crippen molar-refractivity contribution in [3.63, 3.8) is 0 Å². The molecule has 1 aromatic carbocycles. The molecular formula is C17H20N2OS. The van der Waals surface area contributed by atoms with Gasteiger partial charge in [-0.1, -0.05) is 24.3 Å². The molecule has 2 aromatic rings. The van der Waals surface area contributed by atoms with Gasteiger partial charge in [0.1, 0.15) is 0 Å². The van der Waals surface area contributed by atoms with Crippen LogP contribution >= 0.6 is 11.3 Å². The number of thiophene rings is 1. The van der Waals surface area contributed by atoms with Gasteiger partial charge in [0.05, 0.1) is 6.04 Å². The van der Waals surface area contributed by atoms with E-state index in [0.717, 1.165) is 13.0 Å². The van der Waals surface area contributed by atoms with E-state index >= 15 is 0 Å². The lowest BCUT2D eigenvalue weighted by Gasteiger charge is -2.36. The van der Waals surface area contributed by atoms with E-state index in [1.165, 1.54) is 21.6 Å². The van der Waals surface area contributed by atoms with Crippen molar-refractivity contribution in [3.8, 4) is 0 Å². The van der Waals surface area contributed by atoms with Crippen LogP contribution in [0.15, 0.2) is 35.7 Å². The fourth-order valence-corrected chi connectivity index (χ4v) is 3.92. The van der Waals surface area contributed by atoms with Gasteiger partial charge in [-0.3, -0.25) is 0 Å². The molecule has 0 bridgehead atoms. The third kappa shape index (κ3) is 2.56. The van der Waals surface area contributed by atoms with Crippen molar-refractivity contribution in [1.82, 2.24) is 10.2 Å². The lowest BCUT2D eigenvalue weighted by atomic mass is 9.91. The van der Waals surface area contributed by atoms with Crippen molar-refractivity contribution in [3.05, 3.63) is 57.3 Å². The molecule has 110 valence electrons. The second-order valence-corrected chi connectivity index (χ2v) is 6.34. The maximum Gasteiger partial charge on any atom is 0.318 e. The number of carbonyl (C=O) groups excluding carboxylic acids is 1. The van der Waals surface area contributed by atoms with Crippen LogP contribution in [0.1, 0.15) is 34.5 Å². The molecule has 1 aliphatic heterocycles. The Labute approximate surface area is 129 Å². The quantitative estimate of drug-likeness (QED) is 0.900. The average Bonchev–Trinajstić information content (AvgIpc) is 2.95. The number of hydrogen-bond donors (Lipinski definition) is 1. The highest BCUT2D eigenvalue weighted by Gasteiger charge is 2.33. The van der Waals surface area contributed by atoms with Crippen LogP contribution in [-0.2, 0) is 6.42 Å². The SMILES string of the molecule is CCNC(=O)N1CCc2sccc2[C@H]1c1ccccc1C. The van der Waals surface area contributed by atoms with E-state index in [1.54, 1.807) is 11.3 Å². The number of aryl methyl sites for hydroxylation is 1. The summed E-state index contributed by atoms with van der Waals surface area (Å²) >= 11 is 1.80. The molecule has 0 saturated carbocycles. The third-order valence-corrected chi connectivity index (χ3v) is 5.03. The highest BCUT2D eigenvalue weighted by atomic mass is 32.1. The highest BCUT2D eigenvalue weighted by molar-refractivity contribution is 7.10. The summed E-state index contributed by atoms with van der Waals surface area (Å²) in [5.74, 6) is 0. The first-order chi connectivity index (χ1) is 10.2. The van der Waals surface area contributed by atoms with Gasteiger partial charge in [0.15, 0.2) is 0 Å². The molecule has 3 nitrogen and oxygen atoms in total. The Morgan fingerprint density at radius 3 is 2.90 bits per heavy atom. The van der Waals surface area contributed by atoms with Gasteiger partial charge in [-0.15, -0.1) is 11.3 Å². The van der Waals surface area contributed by atoms with E-state index in [2.05, 4.69) is 41.9 Å². The molecule has 1 atom stereocenters. The Kier molecular flexibility index (Phi) is 3.97. The van der Waals surface area contributed by atoms with Crippen LogP contribution in [0.4, 0.5) is 4.79 Å². The first-order valence-electron chi connectivity index (χ1n) is 7.38. The van der Waals surface area contributed by atoms with Crippen LogP contribution in [0.25, 0.3) is 0 Å². The van der Waals surface area contributed by atoms with Gasteiger partial charge in [-0.05, 0) is 48.4 Å². The van der Waals surface area contributed by atoms with Crippen molar-refractivity contribution in [2.24, 2.45) is 0 Å². The van der Waals surface area contributed by atoms with Gasteiger partial charge in [0.25, 0.3) is 0 Å². The number of fused-ring (bicyclic) bond motifs is 1. The van der Waals surface area contributed by atoms with Crippen LogP contribution in [0.2, 0.25) is 0 Å². The van der Waals surface area contributed by atoms with E-state index in [1.807, 2.05) is 17.9 Å². The van der Waals surface area contributed by atoms with Crippen LogP contribution in [-0.4, -0.2) is 24.0 Å². The molecule has 0 aliphatic carbocycles. The largest absolute Gasteiger partial charge is 0.338 e. The van der Waals surface area contributed by atoms with E-state index < -0.39 is 0 Å². The molecule has 2 heterocycles. The fraction of sp³-hybridized carbons (Fsp3) is 0.353. The zero-order valence-electron chi connectivity index (χ0n) is 12.4. The highest BCUT2D eigenvalue weighted by Crippen LogP contribution is 2.38. The average molecular weight is 300 g/mol. The molecule has 2 amide bonds. The Morgan fingerprint density at radius 1 is 1.33 bits per heavy atom. The summed E-state index contributed by atoms with van der Waals surface area (Å²) in [6.45, 7) is 5.51. The van der Waals surface area contributed by atoms with Gasteiger partial charge < -0.3 is 10.2 Å². The molecule has 3 rings (SSSR count). The molecule has 1 aromatic heterocycles. The summed E-state index contributed by atoms with van der Waals surface area (Å²) in [6.07, 6.45) is 0.951. The molecule has 0 radical (unpaired) electrons. The number of nitrogens with zero attached hydrogens (tertiary/aromatic N) is 1. The Balaban J connectivity index is 2.06. The minimum Gasteiger partial charge on any atom is -0.338 e. The summed E-state index contributed by atoms with van der Waals surface area (Å²) in [5.41, 5.74) is 3.74. The number of benzene rings is 1. The lowest BCUT2D eigenvalue weighted by molar-refractivity contribution is 0.181. The predicted molar refractivity (Wildman–Crippen MR) is 86.8 cm³/mol. The number of amides is 2. The monoisotopic (exact) mass is 300 g/mol. The van der Waals surface area contributed by atoms with Crippen molar-refractivity contribution >= 4 is 17.4 Å². The van der Waals surface area contributed by atoms with E-state index in [9.17, 15) is 4.79 Å². The molecule has 4 heteroatoms. The minimum atomic E-state index is 0.0302. The third-order valence-electron chi connectivity index (χ3n) is 4.04. The van der Waals surface area contributed by atoms with Crippen molar-refractivity contribution in [1.29, 1.82) is 0 Å². The summed E-state index contributed by atoms with van der Waals surface area (Å²) in [5, 5.41) is 5.08. The Bertz CT molecular complexity index is 650. The maximum atomic E-state index is 12.4. The molecule has 0 fully saturated rings. The zero-order chi connectivity index (χ0) is 14.8. The maximum absolute atomic E-state index is 12.4. The van der Waals surface area contributed by atoms with Gasteiger partial charge in [-0.2, -0.15) is 0 Å². The van der Waals surface area contributed by atoms with E-state index in [4.69, 9.17) is 0 Å². The zero-order valence-corrected chi connectivity index (χ0v) is 13.2. The summed E-state index contributed by atoms with van der Waals surface area (Å²) in [4.78, 5) is 15.8. The molecule has 21 heavy (non-hydrogen) atoms. The smallest absolute Gasteiger partial charge is 0.318 e. The summed E-state index contributed by atoms with van der Waals surface area (Å²) < 4.78 is 0. The molecule has 0 unspecified atom stereocenters. The lowest BCUT2D eigenvalue weighted by Crippen LogP contribution is -2.45. The van der Waals surface area contributed by atoms with Crippen molar-refractivity contribution in [2.45, 2.75) is 26.3 Å². The Hall–Kier alpha value is -1.81. The van der Waals surface area contributed by atoms with Gasteiger partial charge >= 0.3 is 6.03 Å². The first kappa shape index (κ1) is 14.1. The van der Waals surface area contributed by atoms with Crippen LogP contribution in [0.5, 0.6) is 0 Å². The second kappa shape index (κ2) is 5.90. The normalized spacial score (nSPS) is 17.4. The first-order valence-corrected chi connectivity index (χ1v) is 8.26. The molecule has 0 spiro atoms. The van der Waals surface area contributed by atoms with E-state index in [0.29, 0.717) is 6.54 Å². The number of urea groups is 1. The number of hydrogen-bond acceptors (Lipinski definition) is 2. The topological polar surface area (TPSA) is 32.3 Å².